The van der Waals surface area contributed by atoms with Crippen LogP contribution in [0.5, 0.6) is 0 Å². The molecule has 0 spiro atoms. The molecule has 0 aliphatic carbocycles. The van der Waals surface area contributed by atoms with E-state index in [2.05, 4.69) is 0 Å². The summed E-state index contributed by atoms with van der Waals surface area (Å²) in [6.07, 6.45) is 0. The van der Waals surface area contributed by atoms with Crippen LogP contribution in [0.4, 0.5) is 0 Å². The van der Waals surface area contributed by atoms with Crippen molar-refractivity contribution < 1.29 is 18.9 Å². The first-order valence-electron chi connectivity index (χ1n) is 8.57. The van der Waals surface area contributed by atoms with Gasteiger partial charge in [-0.15, -0.1) is 0 Å². The Kier molecular flexibility index (Phi) is 5.52. The molecule has 2 aromatic rings. The first-order chi connectivity index (χ1) is 12.5. The van der Waals surface area contributed by atoms with Crippen molar-refractivity contribution in [1.29, 1.82) is 0 Å². The Hall–Kier alpha value is -2.47. The van der Waals surface area contributed by atoms with E-state index < -0.39 is 22.7 Å². The molecule has 3 atom stereocenters. The Balaban J connectivity index is 1.90. The first-order valence-corrected chi connectivity index (χ1v) is 9.89. The Morgan fingerprint density at radius 2 is 1.73 bits per heavy atom. The van der Waals surface area contributed by atoms with Crippen LogP contribution in [-0.2, 0) is 15.6 Å². The molecule has 0 radical (unpaired) electrons. The van der Waals surface area contributed by atoms with Crippen LogP contribution in [0.3, 0.4) is 0 Å². The standard InChI is InChI=1S/C20H21NO4S/c1-2-26(25)18-11-7-6-10-15(18)19(22)21-12-16(17(13-21)20(23)24)14-8-4-3-5-9-14/h3-11,16-17H,2,12-13H2,1H3,(H,23,24). The Labute approximate surface area is 155 Å². The molecular formula is C20H21NO4S. The molecular weight excluding hydrogens is 350 g/mol. The van der Waals surface area contributed by atoms with Crippen molar-refractivity contribution in [2.75, 3.05) is 18.8 Å². The van der Waals surface area contributed by atoms with Crippen LogP contribution in [0.15, 0.2) is 59.5 Å². The predicted molar refractivity (Wildman–Crippen MR) is 99.6 cm³/mol. The van der Waals surface area contributed by atoms with Crippen molar-refractivity contribution in [3.63, 3.8) is 0 Å². The van der Waals surface area contributed by atoms with Gasteiger partial charge in [0.2, 0.25) is 0 Å². The molecule has 1 N–H and O–H groups in total. The number of amides is 1. The number of carbonyl (C=O) groups excluding carboxylic acids is 1. The lowest BCUT2D eigenvalue weighted by molar-refractivity contribution is -0.141. The molecule has 1 fully saturated rings. The molecule has 3 unspecified atom stereocenters. The largest absolute Gasteiger partial charge is 0.481 e. The average molecular weight is 371 g/mol. The lowest BCUT2D eigenvalue weighted by Gasteiger charge is -2.18. The number of nitrogens with zero attached hydrogens (tertiary/aromatic N) is 1. The van der Waals surface area contributed by atoms with Gasteiger partial charge in [-0.3, -0.25) is 13.8 Å². The summed E-state index contributed by atoms with van der Waals surface area (Å²) in [4.78, 5) is 26.8. The maximum atomic E-state index is 13.0. The highest BCUT2D eigenvalue weighted by Crippen LogP contribution is 2.34. The van der Waals surface area contributed by atoms with E-state index in [1.807, 2.05) is 30.3 Å². The Morgan fingerprint density at radius 3 is 2.38 bits per heavy atom. The lowest BCUT2D eigenvalue weighted by Crippen LogP contribution is -2.30. The van der Waals surface area contributed by atoms with Gasteiger partial charge in [0.1, 0.15) is 0 Å². The minimum atomic E-state index is -1.25. The van der Waals surface area contributed by atoms with Crippen LogP contribution in [0.1, 0.15) is 28.8 Å². The Morgan fingerprint density at radius 1 is 1.08 bits per heavy atom. The van der Waals surface area contributed by atoms with E-state index in [0.717, 1.165) is 5.56 Å². The molecule has 0 aromatic heterocycles. The number of carboxylic acid groups (broad SMARTS) is 1. The second-order valence-electron chi connectivity index (χ2n) is 6.30. The molecule has 1 aliphatic rings. The van der Waals surface area contributed by atoms with Gasteiger partial charge in [0.05, 0.1) is 27.2 Å². The van der Waals surface area contributed by atoms with E-state index in [0.29, 0.717) is 22.8 Å². The number of benzene rings is 2. The highest BCUT2D eigenvalue weighted by molar-refractivity contribution is 7.85. The summed E-state index contributed by atoms with van der Waals surface area (Å²) in [6.45, 7) is 2.30. The molecule has 3 rings (SSSR count). The van der Waals surface area contributed by atoms with Crippen molar-refractivity contribution in [3.05, 3.63) is 65.7 Å². The van der Waals surface area contributed by atoms with Crippen molar-refractivity contribution in [2.45, 2.75) is 17.7 Å². The molecule has 1 aliphatic heterocycles. The van der Waals surface area contributed by atoms with Gasteiger partial charge in [-0.05, 0) is 17.7 Å². The number of likely N-dealkylation sites (tertiary alicyclic amines) is 1. The van der Waals surface area contributed by atoms with Crippen molar-refractivity contribution in [2.24, 2.45) is 5.92 Å². The van der Waals surface area contributed by atoms with E-state index >= 15 is 0 Å². The molecule has 5 nitrogen and oxygen atoms in total. The monoisotopic (exact) mass is 371 g/mol. The van der Waals surface area contributed by atoms with Gasteiger partial charge < -0.3 is 10.0 Å². The number of hydrogen-bond acceptors (Lipinski definition) is 3. The van der Waals surface area contributed by atoms with E-state index in [1.165, 1.54) is 0 Å². The van der Waals surface area contributed by atoms with Crippen LogP contribution < -0.4 is 0 Å². The smallest absolute Gasteiger partial charge is 0.308 e. The number of carbonyl (C=O) groups is 2. The highest BCUT2D eigenvalue weighted by atomic mass is 32.2. The fourth-order valence-corrected chi connectivity index (χ4v) is 4.37. The average Bonchev–Trinajstić information content (AvgIpc) is 3.13. The normalized spacial score (nSPS) is 20.7. The highest BCUT2D eigenvalue weighted by Gasteiger charge is 2.41. The molecule has 2 aromatic carbocycles. The van der Waals surface area contributed by atoms with Gasteiger partial charge in [-0.25, -0.2) is 0 Å². The van der Waals surface area contributed by atoms with Crippen LogP contribution in [0.2, 0.25) is 0 Å². The minimum Gasteiger partial charge on any atom is -0.481 e. The predicted octanol–water partition coefficient (Wildman–Crippen LogP) is 2.75. The van der Waals surface area contributed by atoms with E-state index in [4.69, 9.17) is 0 Å². The van der Waals surface area contributed by atoms with Gasteiger partial charge in [0, 0.05) is 24.8 Å². The number of rotatable bonds is 5. The summed E-state index contributed by atoms with van der Waals surface area (Å²) < 4.78 is 12.3. The molecule has 0 saturated carbocycles. The summed E-state index contributed by atoms with van der Waals surface area (Å²) >= 11 is 0. The molecule has 0 bridgehead atoms. The Bertz CT molecular complexity index is 837. The maximum Gasteiger partial charge on any atom is 0.308 e. The molecule has 26 heavy (non-hydrogen) atoms. The van der Waals surface area contributed by atoms with E-state index in [9.17, 15) is 18.9 Å². The van der Waals surface area contributed by atoms with Crippen LogP contribution in [0, 0.1) is 5.92 Å². The third kappa shape index (κ3) is 3.55. The van der Waals surface area contributed by atoms with E-state index in [1.54, 1.807) is 36.1 Å². The molecule has 1 saturated heterocycles. The van der Waals surface area contributed by atoms with Gasteiger partial charge >= 0.3 is 5.97 Å². The molecule has 1 heterocycles. The molecule has 1 amide bonds. The van der Waals surface area contributed by atoms with Gasteiger partial charge in [-0.2, -0.15) is 0 Å². The molecule has 6 heteroatoms. The second kappa shape index (κ2) is 7.83. The zero-order chi connectivity index (χ0) is 18.7. The van der Waals surface area contributed by atoms with Gasteiger partial charge in [0.15, 0.2) is 0 Å². The third-order valence-electron chi connectivity index (χ3n) is 4.78. The summed E-state index contributed by atoms with van der Waals surface area (Å²) in [5, 5.41) is 9.61. The summed E-state index contributed by atoms with van der Waals surface area (Å²) in [5.41, 5.74) is 1.31. The third-order valence-corrected chi connectivity index (χ3v) is 6.15. The lowest BCUT2D eigenvalue weighted by atomic mass is 9.89. The number of carboxylic acids is 1. The van der Waals surface area contributed by atoms with Crippen molar-refractivity contribution in [1.82, 2.24) is 4.90 Å². The zero-order valence-electron chi connectivity index (χ0n) is 14.5. The van der Waals surface area contributed by atoms with Crippen molar-refractivity contribution in [3.8, 4) is 0 Å². The first kappa shape index (κ1) is 18.3. The summed E-state index contributed by atoms with van der Waals surface area (Å²) in [5.74, 6) is -1.63. The minimum absolute atomic E-state index is 0.154. The molecule has 136 valence electrons. The number of aliphatic carboxylic acids is 1. The maximum absolute atomic E-state index is 13.0. The van der Waals surface area contributed by atoms with Crippen molar-refractivity contribution >= 4 is 22.7 Å². The fourth-order valence-electron chi connectivity index (χ4n) is 3.43. The quantitative estimate of drug-likeness (QED) is 0.877. The second-order valence-corrected chi connectivity index (χ2v) is 8.01. The summed E-state index contributed by atoms with van der Waals surface area (Å²) in [6, 6.07) is 16.3. The fraction of sp³-hybridized carbons (Fsp3) is 0.300. The van der Waals surface area contributed by atoms with Gasteiger partial charge in [0.25, 0.3) is 5.91 Å². The van der Waals surface area contributed by atoms with Crippen LogP contribution in [-0.4, -0.2) is 44.9 Å². The van der Waals surface area contributed by atoms with E-state index in [-0.39, 0.29) is 18.4 Å². The SMILES string of the molecule is CCS(=O)c1ccccc1C(=O)N1CC(C(=O)O)C(c2ccccc2)C1. The number of hydrogen-bond donors (Lipinski definition) is 1. The topological polar surface area (TPSA) is 74.7 Å². The van der Waals surface area contributed by atoms with Gasteiger partial charge in [-0.1, -0.05) is 49.4 Å². The zero-order valence-corrected chi connectivity index (χ0v) is 15.3. The van der Waals surface area contributed by atoms with Crippen LogP contribution in [0.25, 0.3) is 0 Å². The summed E-state index contributed by atoms with van der Waals surface area (Å²) in [7, 11) is -1.25. The van der Waals surface area contributed by atoms with Crippen LogP contribution >= 0.6 is 0 Å².